The van der Waals surface area contributed by atoms with Crippen LogP contribution in [-0.2, 0) is 23.4 Å². The normalized spacial score (nSPS) is 26.9. The van der Waals surface area contributed by atoms with E-state index in [2.05, 4.69) is 20.4 Å². The molecule has 1 saturated carbocycles. The molecule has 40 heavy (non-hydrogen) atoms. The largest absolute Gasteiger partial charge is 0.468 e. The topological polar surface area (TPSA) is 190 Å². The molecule has 212 valence electrons. The average Bonchev–Trinajstić information content (AvgIpc) is 3.20. The third-order valence-electron chi connectivity index (χ3n) is 7.33. The number of nitrogens with zero attached hydrogens (tertiary/aromatic N) is 2. The molecule has 2 fully saturated rings. The van der Waals surface area contributed by atoms with Crippen LogP contribution in [0.25, 0.3) is 10.8 Å². The summed E-state index contributed by atoms with van der Waals surface area (Å²) < 4.78 is 36.4. The Bertz CT molecular complexity index is 1580. The number of anilines is 3. The summed E-state index contributed by atoms with van der Waals surface area (Å²) >= 11 is 0. The summed E-state index contributed by atoms with van der Waals surface area (Å²) in [6, 6.07) is 11.3. The molecule has 1 aliphatic carbocycles. The summed E-state index contributed by atoms with van der Waals surface area (Å²) in [6.07, 6.45) is -1.03. The van der Waals surface area contributed by atoms with E-state index in [1.807, 2.05) is 30.3 Å². The van der Waals surface area contributed by atoms with Gasteiger partial charge in [-0.3, -0.25) is 19.1 Å². The van der Waals surface area contributed by atoms with Crippen LogP contribution >= 0.6 is 7.75 Å². The molecule has 6 atom stereocenters. The van der Waals surface area contributed by atoms with Gasteiger partial charge in [-0.05, 0) is 18.4 Å². The Balaban J connectivity index is 1.16. The maximum Gasteiger partial charge on any atom is 0.459 e. The van der Waals surface area contributed by atoms with Gasteiger partial charge in [0.05, 0.1) is 32.5 Å². The SMILES string of the molecule is COC(=O)[C@H](C)NP(=O)(OC[C@@H]1CC2(O)C(O1)[C@H]2N1CNc2c1nc(N)[nH]c2=O)Oc1cccc2ccccc12. The van der Waals surface area contributed by atoms with E-state index in [4.69, 9.17) is 24.3 Å². The first-order chi connectivity index (χ1) is 19.1. The first kappa shape index (κ1) is 26.5. The molecule has 6 rings (SSSR count). The summed E-state index contributed by atoms with van der Waals surface area (Å²) in [6.45, 7) is 1.55. The van der Waals surface area contributed by atoms with E-state index in [-0.39, 0.29) is 31.3 Å². The van der Waals surface area contributed by atoms with E-state index in [0.29, 0.717) is 17.0 Å². The van der Waals surface area contributed by atoms with Gasteiger partial charge in [0.25, 0.3) is 5.56 Å². The number of nitrogen functional groups attached to an aromatic ring is 1. The zero-order valence-corrected chi connectivity index (χ0v) is 22.6. The Morgan fingerprint density at radius 2 is 2.12 bits per heavy atom. The lowest BCUT2D eigenvalue weighted by molar-refractivity contribution is -0.142. The molecule has 0 spiro atoms. The van der Waals surface area contributed by atoms with Crippen LogP contribution in [-0.4, -0.2) is 71.3 Å². The van der Waals surface area contributed by atoms with Gasteiger partial charge < -0.3 is 35.1 Å². The van der Waals surface area contributed by atoms with Gasteiger partial charge in [0.15, 0.2) is 5.82 Å². The zero-order chi connectivity index (χ0) is 28.2. The van der Waals surface area contributed by atoms with Crippen LogP contribution in [0.4, 0.5) is 17.5 Å². The van der Waals surface area contributed by atoms with Crippen molar-refractivity contribution in [2.45, 2.75) is 43.2 Å². The number of ether oxygens (including phenoxy) is 2. The standard InChI is InChI=1S/C25H29N6O8P/c1-13(23(33)36-2)30-40(35,39-17-9-5-7-14-6-3-4-8-16(14)17)37-11-15-10-25(34)19(20(25)38-15)31-12-27-18-21(31)28-24(26)29-22(18)32/h3-9,13,15,19-20,27,34H,10-12H2,1-2H3,(H,30,35)(H3,26,28,29,32)/t13-,15-,19+,20?,25?,40?/m0/s1. The number of methoxy groups -OCH3 is 1. The number of aromatic amines is 1. The van der Waals surface area contributed by atoms with Crippen molar-refractivity contribution in [1.82, 2.24) is 15.1 Å². The quantitative estimate of drug-likeness (QED) is 0.182. The van der Waals surface area contributed by atoms with Crippen molar-refractivity contribution in [3.63, 3.8) is 0 Å². The van der Waals surface area contributed by atoms with Crippen molar-refractivity contribution < 1.29 is 33.0 Å². The number of esters is 1. The molecule has 1 saturated heterocycles. The fourth-order valence-corrected chi connectivity index (χ4v) is 6.95. The van der Waals surface area contributed by atoms with E-state index < -0.39 is 49.2 Å². The molecule has 0 radical (unpaired) electrons. The molecule has 1 aromatic heterocycles. The number of nitrogens with one attached hydrogen (secondary N) is 3. The highest BCUT2D eigenvalue weighted by Crippen LogP contribution is 2.56. The third-order valence-corrected chi connectivity index (χ3v) is 8.96. The van der Waals surface area contributed by atoms with E-state index in [0.717, 1.165) is 5.39 Å². The van der Waals surface area contributed by atoms with E-state index in [1.165, 1.54) is 14.0 Å². The van der Waals surface area contributed by atoms with Crippen LogP contribution in [0.3, 0.4) is 0 Å². The number of aliphatic hydroxyl groups is 1. The van der Waals surface area contributed by atoms with Crippen LogP contribution in [0.2, 0.25) is 0 Å². The summed E-state index contributed by atoms with van der Waals surface area (Å²) in [5.41, 5.74) is 4.36. The lowest BCUT2D eigenvalue weighted by atomic mass is 10.1. The molecule has 3 unspecified atom stereocenters. The molecule has 2 aliphatic heterocycles. The summed E-state index contributed by atoms with van der Waals surface area (Å²) in [4.78, 5) is 32.6. The molecule has 15 heteroatoms. The highest BCUT2D eigenvalue weighted by Gasteiger charge is 2.73. The minimum atomic E-state index is -4.13. The van der Waals surface area contributed by atoms with E-state index in [1.54, 1.807) is 17.0 Å². The number of carbonyl (C=O) groups is 1. The van der Waals surface area contributed by atoms with Crippen LogP contribution in [0.5, 0.6) is 5.75 Å². The van der Waals surface area contributed by atoms with Crippen molar-refractivity contribution in [2.75, 3.05) is 36.3 Å². The lowest BCUT2D eigenvalue weighted by Gasteiger charge is -2.26. The molecule has 3 heterocycles. The fourth-order valence-electron chi connectivity index (χ4n) is 5.41. The Morgan fingerprint density at radius 1 is 1.35 bits per heavy atom. The van der Waals surface area contributed by atoms with Gasteiger partial charge in [0.1, 0.15) is 29.2 Å². The molecule has 2 aromatic carbocycles. The van der Waals surface area contributed by atoms with Gasteiger partial charge in [0.2, 0.25) is 5.95 Å². The number of carbonyl (C=O) groups excluding carboxylic acids is 1. The highest BCUT2D eigenvalue weighted by molar-refractivity contribution is 7.52. The number of nitrogens with two attached hydrogens (primary N) is 1. The molecule has 6 N–H and O–H groups in total. The van der Waals surface area contributed by atoms with Crippen LogP contribution in [0.15, 0.2) is 47.3 Å². The zero-order valence-electron chi connectivity index (χ0n) is 21.7. The van der Waals surface area contributed by atoms with E-state index in [9.17, 15) is 19.3 Å². The molecule has 14 nitrogen and oxygen atoms in total. The predicted octanol–water partition coefficient (Wildman–Crippen LogP) is 1.32. The van der Waals surface area contributed by atoms with Gasteiger partial charge in [-0.25, -0.2) is 4.57 Å². The predicted molar refractivity (Wildman–Crippen MR) is 145 cm³/mol. The van der Waals surface area contributed by atoms with Gasteiger partial charge >= 0.3 is 13.7 Å². The first-order valence-corrected chi connectivity index (χ1v) is 14.2. The average molecular weight is 573 g/mol. The monoisotopic (exact) mass is 572 g/mol. The Hall–Kier alpha value is -3.68. The highest BCUT2D eigenvalue weighted by atomic mass is 31.2. The maximum absolute atomic E-state index is 13.9. The van der Waals surface area contributed by atoms with E-state index >= 15 is 0 Å². The van der Waals surface area contributed by atoms with Gasteiger partial charge in [-0.1, -0.05) is 36.4 Å². The van der Waals surface area contributed by atoms with Crippen LogP contribution < -0.4 is 31.1 Å². The molecule has 0 bridgehead atoms. The fraction of sp³-hybridized carbons (Fsp3) is 0.400. The second-order valence-corrected chi connectivity index (χ2v) is 11.7. The molecule has 0 amide bonds. The number of fused-ring (bicyclic) bond motifs is 3. The minimum Gasteiger partial charge on any atom is -0.468 e. The van der Waals surface area contributed by atoms with Crippen molar-refractivity contribution in [3.8, 4) is 5.75 Å². The second-order valence-electron chi connectivity index (χ2n) is 10.0. The number of rotatable bonds is 9. The van der Waals surface area contributed by atoms with Crippen molar-refractivity contribution >= 4 is 41.9 Å². The molecule has 3 aliphatic rings. The number of hydrogen-bond donors (Lipinski definition) is 5. The third kappa shape index (κ3) is 4.57. The molecule has 3 aromatic rings. The molecular weight excluding hydrogens is 543 g/mol. The summed E-state index contributed by atoms with van der Waals surface area (Å²) in [5.74, 6) is -0.0205. The second kappa shape index (κ2) is 9.75. The van der Waals surface area contributed by atoms with Crippen molar-refractivity contribution in [3.05, 3.63) is 52.8 Å². The lowest BCUT2D eigenvalue weighted by Crippen LogP contribution is -2.38. The summed E-state index contributed by atoms with van der Waals surface area (Å²) in [5, 5.41) is 18.5. The van der Waals surface area contributed by atoms with Gasteiger partial charge in [-0.2, -0.15) is 10.1 Å². The number of aromatic nitrogens is 2. The number of H-pyrrole nitrogens is 1. The van der Waals surface area contributed by atoms with Crippen LogP contribution in [0, 0.1) is 0 Å². The smallest absolute Gasteiger partial charge is 0.459 e. The Kier molecular flexibility index (Phi) is 6.47. The minimum absolute atomic E-state index is 0.0296. The maximum atomic E-state index is 13.9. The molecular formula is C25H29N6O8P. The Labute approximate surface area is 228 Å². The number of benzene rings is 2. The van der Waals surface area contributed by atoms with Crippen molar-refractivity contribution in [2.24, 2.45) is 0 Å². The summed E-state index contributed by atoms with van der Waals surface area (Å²) in [7, 11) is -2.91. The van der Waals surface area contributed by atoms with Gasteiger partial charge in [-0.15, -0.1) is 0 Å². The first-order valence-electron chi connectivity index (χ1n) is 12.7. The van der Waals surface area contributed by atoms with Crippen molar-refractivity contribution in [1.29, 1.82) is 0 Å². The van der Waals surface area contributed by atoms with Crippen LogP contribution in [0.1, 0.15) is 13.3 Å². The number of hydrogen-bond acceptors (Lipinski definition) is 12. The van der Waals surface area contributed by atoms with Gasteiger partial charge in [0, 0.05) is 11.8 Å². The Morgan fingerprint density at radius 3 is 2.88 bits per heavy atom.